The van der Waals surface area contributed by atoms with Gasteiger partial charge in [0.15, 0.2) is 26.5 Å². The molecule has 0 amide bonds. The van der Waals surface area contributed by atoms with E-state index in [0.717, 1.165) is 16.4 Å². The van der Waals surface area contributed by atoms with Crippen LogP contribution in [0.15, 0.2) is 40.6 Å². The number of benzene rings is 2. The Balaban J connectivity index is 1.42. The van der Waals surface area contributed by atoms with E-state index in [1.807, 2.05) is 23.6 Å². The highest BCUT2D eigenvalue weighted by atomic mass is 35.5. The van der Waals surface area contributed by atoms with Gasteiger partial charge in [0.05, 0.1) is 35.1 Å². The summed E-state index contributed by atoms with van der Waals surface area (Å²) in [4.78, 5) is 7.12. The van der Waals surface area contributed by atoms with Gasteiger partial charge in [0, 0.05) is 29.9 Å². The number of thiazole rings is 1. The van der Waals surface area contributed by atoms with Crippen LogP contribution in [-0.2, 0) is 16.3 Å². The minimum absolute atomic E-state index is 0.168. The third-order valence-corrected chi connectivity index (χ3v) is 10.1. The van der Waals surface area contributed by atoms with Crippen LogP contribution in [0.1, 0.15) is 29.7 Å². The van der Waals surface area contributed by atoms with Gasteiger partial charge in [0.25, 0.3) is 0 Å². The van der Waals surface area contributed by atoms with E-state index in [9.17, 15) is 8.42 Å². The summed E-state index contributed by atoms with van der Waals surface area (Å²) in [5, 5.41) is 3.12. The number of methoxy groups -OCH3 is 2. The van der Waals surface area contributed by atoms with Gasteiger partial charge in [-0.05, 0) is 55.2 Å². The van der Waals surface area contributed by atoms with E-state index in [1.165, 1.54) is 6.07 Å². The second kappa shape index (κ2) is 10.3. The molecule has 0 bridgehead atoms. The molecule has 182 valence electrons. The van der Waals surface area contributed by atoms with E-state index < -0.39 is 15.1 Å². The number of piperidine rings is 1. The highest BCUT2D eigenvalue weighted by Gasteiger charge is 2.33. The third kappa shape index (κ3) is 5.15. The number of hydrogen-bond acceptors (Lipinski definition) is 7. The van der Waals surface area contributed by atoms with Gasteiger partial charge < -0.3 is 14.4 Å². The summed E-state index contributed by atoms with van der Waals surface area (Å²) in [5.41, 5.74) is 2.74. The normalized spacial score (nSPS) is 14.9. The minimum Gasteiger partial charge on any atom is -0.493 e. The van der Waals surface area contributed by atoms with Crippen LogP contribution in [0.3, 0.4) is 0 Å². The number of ether oxygens (including phenoxy) is 2. The smallest absolute Gasteiger partial charge is 0.185 e. The molecule has 1 fully saturated rings. The molecule has 6 nitrogen and oxygen atoms in total. The van der Waals surface area contributed by atoms with Crippen LogP contribution in [0.2, 0.25) is 10.0 Å². The van der Waals surface area contributed by atoms with Gasteiger partial charge in [-0.3, -0.25) is 0 Å². The van der Waals surface area contributed by atoms with Crippen LogP contribution in [0.5, 0.6) is 11.5 Å². The summed E-state index contributed by atoms with van der Waals surface area (Å²) in [6.07, 6.45) is 1.71. The van der Waals surface area contributed by atoms with Crippen molar-refractivity contribution >= 4 is 49.5 Å². The predicted molar refractivity (Wildman–Crippen MR) is 138 cm³/mol. The quantitative estimate of drug-likeness (QED) is 0.376. The molecule has 0 unspecified atom stereocenters. The number of halogens is 2. The Morgan fingerprint density at radius 2 is 1.76 bits per heavy atom. The van der Waals surface area contributed by atoms with Crippen molar-refractivity contribution in [2.24, 2.45) is 0 Å². The first-order valence-corrected chi connectivity index (χ1v) is 14.0. The number of sulfone groups is 1. The van der Waals surface area contributed by atoms with Crippen LogP contribution in [0, 0.1) is 6.92 Å². The fraction of sp³-hybridized carbons (Fsp3) is 0.375. The second-order valence-corrected chi connectivity index (χ2v) is 12.1. The van der Waals surface area contributed by atoms with Crippen molar-refractivity contribution in [2.75, 3.05) is 32.2 Å². The fourth-order valence-corrected chi connectivity index (χ4v) is 7.56. The molecule has 1 saturated heterocycles. The molecule has 3 aromatic rings. The number of rotatable bonds is 7. The second-order valence-electron chi connectivity index (χ2n) is 8.25. The number of aryl methyl sites for hydroxylation is 1. The highest BCUT2D eigenvalue weighted by molar-refractivity contribution is 7.92. The molecule has 0 radical (unpaired) electrons. The van der Waals surface area contributed by atoms with Crippen molar-refractivity contribution in [2.45, 2.75) is 36.3 Å². The first kappa shape index (κ1) is 25.1. The van der Waals surface area contributed by atoms with Gasteiger partial charge >= 0.3 is 0 Å². The van der Waals surface area contributed by atoms with Crippen LogP contribution >= 0.6 is 34.5 Å². The maximum atomic E-state index is 13.2. The summed E-state index contributed by atoms with van der Waals surface area (Å²) in [7, 11) is -0.308. The summed E-state index contributed by atoms with van der Waals surface area (Å²) >= 11 is 13.9. The number of nitrogens with zero attached hydrogens (tertiary/aromatic N) is 2. The molecule has 34 heavy (non-hydrogen) atoms. The van der Waals surface area contributed by atoms with Crippen LogP contribution in [0.25, 0.3) is 0 Å². The molecule has 0 spiro atoms. The summed E-state index contributed by atoms with van der Waals surface area (Å²) in [6.45, 7) is 3.02. The van der Waals surface area contributed by atoms with Crippen LogP contribution in [-0.4, -0.2) is 46.0 Å². The van der Waals surface area contributed by atoms with Crippen LogP contribution < -0.4 is 14.4 Å². The maximum Gasteiger partial charge on any atom is 0.185 e. The lowest BCUT2D eigenvalue weighted by Crippen LogP contribution is -2.39. The summed E-state index contributed by atoms with van der Waals surface area (Å²) in [6, 6.07) is 8.93. The van der Waals surface area contributed by atoms with Gasteiger partial charge in [-0.25, -0.2) is 13.4 Å². The lowest BCUT2D eigenvalue weighted by atomic mass is 10.1. The van der Waals surface area contributed by atoms with E-state index in [2.05, 4.69) is 4.90 Å². The molecule has 10 heteroatoms. The van der Waals surface area contributed by atoms with E-state index in [4.69, 9.17) is 37.7 Å². The number of hydrogen-bond donors (Lipinski definition) is 0. The van der Waals surface area contributed by atoms with Gasteiger partial charge in [-0.15, -0.1) is 11.3 Å². The lowest BCUT2D eigenvalue weighted by molar-refractivity contribution is 0.354. The van der Waals surface area contributed by atoms with Gasteiger partial charge in [0.2, 0.25) is 0 Å². The Hall–Kier alpha value is -2.00. The van der Waals surface area contributed by atoms with Crippen molar-refractivity contribution in [3.8, 4) is 11.5 Å². The maximum absolute atomic E-state index is 13.2. The highest BCUT2D eigenvalue weighted by Crippen LogP contribution is 2.35. The molecule has 1 aromatic heterocycles. The summed E-state index contributed by atoms with van der Waals surface area (Å²) in [5.74, 6) is 1.38. The van der Waals surface area contributed by atoms with Crippen molar-refractivity contribution in [1.82, 2.24) is 4.98 Å². The average molecular weight is 542 g/mol. The molecule has 1 aliphatic rings. The van der Waals surface area contributed by atoms with E-state index >= 15 is 0 Å². The standard InChI is InChI=1S/C24H26Cl2N2O4S2/c1-15-10-23(20(26)13-19(15)25)34(29,30)18-6-8-28(9-7-18)24-27-17(14-33-24)11-16-4-5-21(31-2)22(12-16)32-3/h4-5,10,12-14,18H,6-9,11H2,1-3H3. The van der Waals surface area contributed by atoms with Crippen molar-refractivity contribution in [3.63, 3.8) is 0 Å². The third-order valence-electron chi connectivity index (χ3n) is 6.04. The Labute approximate surface area is 214 Å². The summed E-state index contributed by atoms with van der Waals surface area (Å²) < 4.78 is 37.2. The molecular formula is C24H26Cl2N2O4S2. The lowest BCUT2D eigenvalue weighted by Gasteiger charge is -2.31. The van der Waals surface area contributed by atoms with Gasteiger partial charge in [-0.1, -0.05) is 29.3 Å². The van der Waals surface area contributed by atoms with Crippen molar-refractivity contribution < 1.29 is 17.9 Å². The Morgan fingerprint density at radius 3 is 2.44 bits per heavy atom. The minimum atomic E-state index is -3.54. The molecule has 2 aromatic carbocycles. The Kier molecular flexibility index (Phi) is 7.62. The van der Waals surface area contributed by atoms with E-state index in [0.29, 0.717) is 54.4 Å². The zero-order chi connectivity index (χ0) is 24.5. The largest absolute Gasteiger partial charge is 0.493 e. The molecule has 2 heterocycles. The van der Waals surface area contributed by atoms with Crippen LogP contribution in [0.4, 0.5) is 5.13 Å². The topological polar surface area (TPSA) is 68.7 Å². The molecule has 0 aliphatic carbocycles. The predicted octanol–water partition coefficient (Wildman–Crippen LogP) is 5.81. The SMILES string of the molecule is COc1ccc(Cc2csc(N3CCC(S(=O)(=O)c4cc(C)c(Cl)cc4Cl)CC3)n2)cc1OC. The zero-order valence-electron chi connectivity index (χ0n) is 19.2. The fourth-order valence-electron chi connectivity index (χ4n) is 4.11. The van der Waals surface area contributed by atoms with E-state index in [-0.39, 0.29) is 9.92 Å². The molecule has 0 saturated carbocycles. The molecule has 0 atom stereocenters. The van der Waals surface area contributed by atoms with Gasteiger partial charge in [0.1, 0.15) is 0 Å². The first-order chi connectivity index (χ1) is 16.2. The number of aromatic nitrogens is 1. The van der Waals surface area contributed by atoms with E-state index in [1.54, 1.807) is 38.5 Å². The molecule has 4 rings (SSSR count). The zero-order valence-corrected chi connectivity index (χ0v) is 22.3. The molecule has 1 aliphatic heterocycles. The average Bonchev–Trinajstić information content (AvgIpc) is 3.29. The Bertz CT molecular complexity index is 1290. The number of anilines is 1. The molecule has 0 N–H and O–H groups in total. The Morgan fingerprint density at radius 1 is 1.06 bits per heavy atom. The monoisotopic (exact) mass is 540 g/mol. The van der Waals surface area contributed by atoms with Gasteiger partial charge in [-0.2, -0.15) is 0 Å². The van der Waals surface area contributed by atoms with Crippen molar-refractivity contribution in [1.29, 1.82) is 0 Å². The molecular weight excluding hydrogens is 515 g/mol. The van der Waals surface area contributed by atoms with Crippen molar-refractivity contribution in [3.05, 3.63) is 62.6 Å². The first-order valence-electron chi connectivity index (χ1n) is 10.8.